The van der Waals surface area contributed by atoms with E-state index in [-0.39, 0.29) is 5.41 Å². The van der Waals surface area contributed by atoms with Gasteiger partial charge in [0.25, 0.3) is 0 Å². The minimum atomic E-state index is -0.140. The molecule has 1 N–H and O–H groups in total. The summed E-state index contributed by atoms with van der Waals surface area (Å²) >= 11 is 0. The third kappa shape index (κ3) is 14.8. The third-order valence-corrected chi connectivity index (χ3v) is 11.7. The van der Waals surface area contributed by atoms with Gasteiger partial charge in [0.05, 0.1) is 0 Å². The molecule has 1 aliphatic rings. The molecule has 1 nitrogen and oxygen atoms in total. The van der Waals surface area contributed by atoms with Gasteiger partial charge in [-0.3, -0.25) is 0 Å². The highest BCUT2D eigenvalue weighted by Gasteiger charge is 2.32. The molecule has 2 unspecified atom stereocenters. The summed E-state index contributed by atoms with van der Waals surface area (Å²) in [4.78, 5) is 0. The standard InChI is InChI=1S/C43H55N.C8H10.C6H14/c1-9-17-38-32(4)24-25-34(6)42(38)43(8,30-36-20-11-10-12-21-36)35(7)19-14-13-18-33(5)41-39-23-16-15-22-37(39)26-27-40(41)44-29-28-31(2)3;1-2-8-6-4-3-5-7-8;1-4-5-6(2)3/h9-14,16-17,19-21,23-27,31,33,44H,15,18,22,28-30H2,1-8H3;3-7H,2H2,1H3;6H,4-5H2,1-3H3/b14-13+,17-9-,35-19-;;. The van der Waals surface area contributed by atoms with Crippen molar-refractivity contribution in [3.05, 3.63) is 171 Å². The van der Waals surface area contributed by atoms with Crippen LogP contribution in [0.3, 0.4) is 0 Å². The summed E-state index contributed by atoms with van der Waals surface area (Å²) in [5, 5.41) is 3.80. The van der Waals surface area contributed by atoms with Gasteiger partial charge in [-0.2, -0.15) is 0 Å². The Morgan fingerprint density at radius 3 is 2.00 bits per heavy atom. The molecule has 1 aliphatic carbocycles. The maximum atomic E-state index is 3.80. The van der Waals surface area contributed by atoms with Crippen LogP contribution in [-0.2, 0) is 24.7 Å². The number of allylic oxidation sites excluding steroid dienone is 6. The van der Waals surface area contributed by atoms with Crippen molar-refractivity contribution in [3.63, 3.8) is 0 Å². The fraction of sp³-hybridized carbons (Fsp3) is 0.439. The smallest absolute Gasteiger partial charge is 0.0381 e. The Hall–Kier alpha value is -4.36. The van der Waals surface area contributed by atoms with Gasteiger partial charge in [-0.15, -0.1) is 0 Å². The molecule has 5 rings (SSSR count). The predicted molar refractivity (Wildman–Crippen MR) is 261 cm³/mol. The first kappa shape index (κ1) is 48.0. The molecule has 0 spiro atoms. The van der Waals surface area contributed by atoms with Crippen LogP contribution in [0.15, 0.2) is 121 Å². The number of aryl methyl sites for hydroxylation is 4. The highest BCUT2D eigenvalue weighted by molar-refractivity contribution is 5.70. The lowest BCUT2D eigenvalue weighted by molar-refractivity contribution is 0.548. The molecule has 4 aromatic carbocycles. The van der Waals surface area contributed by atoms with E-state index >= 15 is 0 Å². The van der Waals surface area contributed by atoms with E-state index in [0.29, 0.717) is 11.8 Å². The molecule has 0 bridgehead atoms. The lowest BCUT2D eigenvalue weighted by Gasteiger charge is -2.35. The van der Waals surface area contributed by atoms with Gasteiger partial charge >= 0.3 is 0 Å². The largest absolute Gasteiger partial charge is 0.385 e. The fourth-order valence-corrected chi connectivity index (χ4v) is 8.18. The van der Waals surface area contributed by atoms with E-state index in [1.165, 1.54) is 80.6 Å². The monoisotopic (exact) mass is 778 g/mol. The Morgan fingerprint density at radius 2 is 1.43 bits per heavy atom. The maximum Gasteiger partial charge on any atom is 0.0381 e. The van der Waals surface area contributed by atoms with E-state index in [1.54, 1.807) is 0 Å². The molecule has 0 aromatic heterocycles. The highest BCUT2D eigenvalue weighted by Crippen LogP contribution is 2.41. The molecule has 312 valence electrons. The summed E-state index contributed by atoms with van der Waals surface area (Å²) in [5.74, 6) is 2.02. The van der Waals surface area contributed by atoms with Crippen LogP contribution in [0.1, 0.15) is 157 Å². The Balaban J connectivity index is 0.000000542. The normalized spacial score (nSPS) is 14.1. The first-order valence-electron chi connectivity index (χ1n) is 22.6. The summed E-state index contributed by atoms with van der Waals surface area (Å²) < 4.78 is 0. The zero-order chi connectivity index (χ0) is 42.5. The van der Waals surface area contributed by atoms with E-state index in [0.717, 1.165) is 44.6 Å². The number of hydrogen-bond acceptors (Lipinski definition) is 1. The summed E-state index contributed by atoms with van der Waals surface area (Å²) in [5.41, 5.74) is 15.2. The Kier molecular flexibility index (Phi) is 20.9. The first-order valence-corrected chi connectivity index (χ1v) is 22.6. The summed E-state index contributed by atoms with van der Waals surface area (Å²) in [6.07, 6.45) is 25.6. The zero-order valence-corrected chi connectivity index (χ0v) is 38.7. The van der Waals surface area contributed by atoms with Crippen LogP contribution in [0.25, 0.3) is 12.2 Å². The Labute approximate surface area is 356 Å². The highest BCUT2D eigenvalue weighted by atomic mass is 14.9. The van der Waals surface area contributed by atoms with E-state index in [2.05, 4.69) is 210 Å². The second kappa shape index (κ2) is 25.2. The third-order valence-electron chi connectivity index (χ3n) is 11.7. The Morgan fingerprint density at radius 1 is 0.793 bits per heavy atom. The molecule has 0 amide bonds. The van der Waals surface area contributed by atoms with Crippen molar-refractivity contribution in [1.29, 1.82) is 0 Å². The van der Waals surface area contributed by atoms with Crippen LogP contribution in [-0.4, -0.2) is 6.54 Å². The summed E-state index contributed by atoms with van der Waals surface area (Å²) in [7, 11) is 0. The van der Waals surface area contributed by atoms with Crippen molar-refractivity contribution in [3.8, 4) is 0 Å². The van der Waals surface area contributed by atoms with Crippen molar-refractivity contribution >= 4 is 17.8 Å². The van der Waals surface area contributed by atoms with Gasteiger partial charge in [-0.25, -0.2) is 0 Å². The molecule has 2 atom stereocenters. The van der Waals surface area contributed by atoms with E-state index in [1.807, 2.05) is 6.07 Å². The minimum Gasteiger partial charge on any atom is -0.385 e. The Bertz CT molecular complexity index is 1900. The second-order valence-corrected chi connectivity index (χ2v) is 17.6. The van der Waals surface area contributed by atoms with Gasteiger partial charge in [0, 0.05) is 17.6 Å². The molecular formula is C57H79N. The van der Waals surface area contributed by atoms with Gasteiger partial charge in [-0.1, -0.05) is 195 Å². The molecule has 1 heteroatoms. The van der Waals surface area contributed by atoms with Crippen molar-refractivity contribution in [2.45, 2.75) is 146 Å². The van der Waals surface area contributed by atoms with Crippen LogP contribution in [0, 0.1) is 25.7 Å². The topological polar surface area (TPSA) is 12.0 Å². The van der Waals surface area contributed by atoms with E-state index < -0.39 is 0 Å². The van der Waals surface area contributed by atoms with Crippen molar-refractivity contribution in [1.82, 2.24) is 0 Å². The lowest BCUT2D eigenvalue weighted by atomic mass is 9.68. The fourth-order valence-electron chi connectivity index (χ4n) is 8.18. The van der Waals surface area contributed by atoms with Gasteiger partial charge in [0.2, 0.25) is 0 Å². The first-order chi connectivity index (χ1) is 27.9. The molecule has 0 radical (unpaired) electrons. The quantitative estimate of drug-likeness (QED) is 0.112. The van der Waals surface area contributed by atoms with E-state index in [9.17, 15) is 0 Å². The number of anilines is 1. The molecule has 0 saturated heterocycles. The summed E-state index contributed by atoms with van der Waals surface area (Å²) in [6, 6.07) is 30.7. The van der Waals surface area contributed by atoms with Gasteiger partial charge < -0.3 is 5.32 Å². The predicted octanol–water partition coefficient (Wildman–Crippen LogP) is 16.6. The molecule has 0 fully saturated rings. The summed E-state index contributed by atoms with van der Waals surface area (Å²) in [6.45, 7) is 28.3. The van der Waals surface area contributed by atoms with Gasteiger partial charge in [0.15, 0.2) is 0 Å². The van der Waals surface area contributed by atoms with Crippen LogP contribution in [0.5, 0.6) is 0 Å². The molecule has 4 aromatic rings. The number of hydrogen-bond donors (Lipinski definition) is 1. The van der Waals surface area contributed by atoms with Crippen LogP contribution in [0.4, 0.5) is 5.69 Å². The second-order valence-electron chi connectivity index (χ2n) is 17.6. The molecule has 58 heavy (non-hydrogen) atoms. The van der Waals surface area contributed by atoms with Gasteiger partial charge in [0.1, 0.15) is 0 Å². The van der Waals surface area contributed by atoms with Crippen LogP contribution < -0.4 is 5.32 Å². The number of rotatable bonds is 16. The molecule has 0 aliphatic heterocycles. The van der Waals surface area contributed by atoms with Crippen molar-refractivity contribution in [2.24, 2.45) is 11.8 Å². The average Bonchev–Trinajstić information content (AvgIpc) is 3.21. The number of benzene rings is 4. The van der Waals surface area contributed by atoms with E-state index in [4.69, 9.17) is 0 Å². The van der Waals surface area contributed by atoms with Crippen LogP contribution >= 0.6 is 0 Å². The molecular weight excluding hydrogens is 699 g/mol. The van der Waals surface area contributed by atoms with Crippen LogP contribution in [0.2, 0.25) is 0 Å². The number of fused-ring (bicyclic) bond motifs is 1. The molecule has 0 saturated carbocycles. The van der Waals surface area contributed by atoms with Crippen molar-refractivity contribution in [2.75, 3.05) is 11.9 Å². The molecule has 0 heterocycles. The minimum absolute atomic E-state index is 0.140. The lowest BCUT2D eigenvalue weighted by Crippen LogP contribution is -2.29. The van der Waals surface area contributed by atoms with Crippen molar-refractivity contribution < 1.29 is 0 Å². The zero-order valence-electron chi connectivity index (χ0n) is 38.7. The van der Waals surface area contributed by atoms with Gasteiger partial charge in [-0.05, 0) is 140 Å². The average molecular weight is 778 g/mol. The maximum absolute atomic E-state index is 3.80. The number of nitrogens with one attached hydrogen (secondary N) is 1. The SMILES string of the molecule is C/C=C\c1c(C)ccc(C)c1C(C)(Cc1ccccc1)/C(C)=C\C=C\CC(C)c1c(NCCC(C)C)ccc2c1C=CCC2.CCCC(C)C.CCc1ccccc1.